The molecule has 0 saturated carbocycles. The quantitative estimate of drug-likeness (QED) is 0.585. The summed E-state index contributed by atoms with van der Waals surface area (Å²) in [5, 5.41) is 1.52. The van der Waals surface area contributed by atoms with Crippen molar-refractivity contribution in [2.45, 2.75) is 26.3 Å². The summed E-state index contributed by atoms with van der Waals surface area (Å²) in [4.78, 5) is 0. The highest BCUT2D eigenvalue weighted by molar-refractivity contribution is 6.55. The first-order chi connectivity index (χ1) is 5.20. The predicted molar refractivity (Wildman–Crippen MR) is 51.7 cm³/mol. The molecule has 0 nitrogen and oxygen atoms in total. The number of benzene rings is 1. The molecule has 0 spiro atoms. The second kappa shape index (κ2) is 3.72. The van der Waals surface area contributed by atoms with Crippen LogP contribution in [0.3, 0.4) is 0 Å². The molecule has 0 heterocycles. The molecule has 58 valence electrons. The Balaban J connectivity index is 2.78. The summed E-state index contributed by atoms with van der Waals surface area (Å²) in [6.45, 7) is 6.72. The molecule has 1 aromatic carbocycles. The number of hydrogen-bond acceptors (Lipinski definition) is 0. The lowest BCUT2D eigenvalue weighted by atomic mass is 10.2. The molecule has 1 heteroatoms. The van der Waals surface area contributed by atoms with Gasteiger partial charge in [0.25, 0.3) is 0 Å². The number of rotatable bonds is 2. The Morgan fingerprint density at radius 3 is 2.36 bits per heavy atom. The van der Waals surface area contributed by atoms with Gasteiger partial charge in [-0.15, -0.1) is 0 Å². The van der Waals surface area contributed by atoms with E-state index < -0.39 is 0 Å². The normalized spacial score (nSPS) is 10.5. The third kappa shape index (κ3) is 2.50. The van der Waals surface area contributed by atoms with Gasteiger partial charge in [0.1, 0.15) is 0 Å². The van der Waals surface area contributed by atoms with Gasteiger partial charge in [-0.1, -0.05) is 54.4 Å². The van der Waals surface area contributed by atoms with E-state index in [9.17, 15) is 0 Å². The molecule has 0 saturated heterocycles. The monoisotopic (exact) mass is 162 g/mol. The summed E-state index contributed by atoms with van der Waals surface area (Å²) in [6.07, 6.45) is 0. The van der Waals surface area contributed by atoms with E-state index >= 15 is 0 Å². The van der Waals surface area contributed by atoms with Crippen molar-refractivity contribution < 1.29 is 0 Å². The molecule has 0 unspecified atom stereocenters. The first-order valence-corrected chi connectivity index (χ1v) is 5.10. The van der Waals surface area contributed by atoms with Crippen molar-refractivity contribution in [3.63, 3.8) is 0 Å². The molecule has 0 atom stereocenters. The summed E-state index contributed by atoms with van der Waals surface area (Å²) < 4.78 is 0. The minimum absolute atomic E-state index is 0.788. The van der Waals surface area contributed by atoms with E-state index in [0.29, 0.717) is 0 Å². The van der Waals surface area contributed by atoms with Crippen molar-refractivity contribution in [1.82, 2.24) is 0 Å². The van der Waals surface area contributed by atoms with Crippen LogP contribution in [-0.2, 0) is 0 Å². The summed E-state index contributed by atoms with van der Waals surface area (Å²) in [5.74, 6) is 0. The lowest BCUT2D eigenvalue weighted by molar-refractivity contribution is 1.07. The number of hydrogen-bond donors (Lipinski definition) is 0. The molecule has 0 amide bonds. The average Bonchev–Trinajstić information content (AvgIpc) is 1.93. The zero-order valence-electron chi connectivity index (χ0n) is 7.39. The second-order valence-electron chi connectivity index (χ2n) is 3.11. The Labute approximate surface area is 71.5 Å². The van der Waals surface area contributed by atoms with Crippen LogP contribution in [0, 0.1) is 6.92 Å². The number of aryl methyl sites for hydroxylation is 1. The standard InChI is InChI=1S/C10H14Si/c1-8(2)11-10-7-5-4-6-9(10)3/h4-8H,1-3H3. The third-order valence-corrected chi connectivity index (χ3v) is 3.04. The van der Waals surface area contributed by atoms with E-state index in [4.69, 9.17) is 0 Å². The summed E-state index contributed by atoms with van der Waals surface area (Å²) >= 11 is 0. The molecule has 0 aliphatic rings. The highest BCUT2D eigenvalue weighted by Gasteiger charge is 2.00. The van der Waals surface area contributed by atoms with Crippen molar-refractivity contribution in [3.8, 4) is 0 Å². The first kappa shape index (κ1) is 8.53. The van der Waals surface area contributed by atoms with Crippen molar-refractivity contribution in [3.05, 3.63) is 29.8 Å². The van der Waals surface area contributed by atoms with Crippen molar-refractivity contribution in [2.24, 2.45) is 0 Å². The van der Waals surface area contributed by atoms with Crippen LogP contribution in [0.5, 0.6) is 0 Å². The fraction of sp³-hybridized carbons (Fsp3) is 0.400. The van der Waals surface area contributed by atoms with Crippen LogP contribution in [0.2, 0.25) is 5.54 Å². The highest BCUT2D eigenvalue weighted by atomic mass is 28.2. The summed E-state index contributed by atoms with van der Waals surface area (Å²) in [7, 11) is 0.960. The molecule has 0 aromatic heterocycles. The summed E-state index contributed by atoms with van der Waals surface area (Å²) in [5.41, 5.74) is 2.22. The molecular weight excluding hydrogens is 148 g/mol. The Bertz CT molecular complexity index is 228. The Morgan fingerprint density at radius 2 is 1.82 bits per heavy atom. The van der Waals surface area contributed by atoms with Gasteiger partial charge < -0.3 is 0 Å². The maximum Gasteiger partial charge on any atom is 0.0840 e. The highest BCUT2D eigenvalue weighted by Crippen LogP contribution is 2.00. The van der Waals surface area contributed by atoms with Gasteiger partial charge in [0.2, 0.25) is 0 Å². The lowest BCUT2D eigenvalue weighted by Crippen LogP contribution is -2.19. The Morgan fingerprint density at radius 1 is 1.18 bits per heavy atom. The van der Waals surface area contributed by atoms with Crippen LogP contribution in [0.1, 0.15) is 19.4 Å². The molecule has 0 aliphatic carbocycles. The zero-order chi connectivity index (χ0) is 8.27. The van der Waals surface area contributed by atoms with Gasteiger partial charge in [-0.3, -0.25) is 0 Å². The Kier molecular flexibility index (Phi) is 2.89. The van der Waals surface area contributed by atoms with Crippen LogP contribution < -0.4 is 5.19 Å². The second-order valence-corrected chi connectivity index (χ2v) is 5.10. The minimum atomic E-state index is 0.788. The smallest absolute Gasteiger partial charge is 0.0653 e. The SMILES string of the molecule is Cc1ccccc1[Si]C(C)C. The van der Waals surface area contributed by atoms with Crippen LogP contribution in [0.15, 0.2) is 24.3 Å². The Hall–Kier alpha value is -0.563. The maximum atomic E-state index is 2.27. The van der Waals surface area contributed by atoms with Gasteiger partial charge in [-0.25, -0.2) is 0 Å². The molecule has 11 heavy (non-hydrogen) atoms. The zero-order valence-corrected chi connectivity index (χ0v) is 8.39. The fourth-order valence-corrected chi connectivity index (χ4v) is 2.17. The molecule has 0 bridgehead atoms. The van der Waals surface area contributed by atoms with Crippen molar-refractivity contribution >= 4 is 14.7 Å². The van der Waals surface area contributed by atoms with E-state index in [1.165, 1.54) is 10.8 Å². The van der Waals surface area contributed by atoms with Gasteiger partial charge in [0.15, 0.2) is 0 Å². The summed E-state index contributed by atoms with van der Waals surface area (Å²) in [6, 6.07) is 8.64. The van der Waals surface area contributed by atoms with E-state index in [-0.39, 0.29) is 0 Å². The van der Waals surface area contributed by atoms with Crippen LogP contribution in [0.25, 0.3) is 0 Å². The molecule has 0 N–H and O–H groups in total. The molecule has 0 fully saturated rings. The molecule has 0 aliphatic heterocycles. The van der Waals surface area contributed by atoms with Crippen molar-refractivity contribution in [2.75, 3.05) is 0 Å². The fourth-order valence-electron chi connectivity index (χ4n) is 1.05. The predicted octanol–water partition coefficient (Wildman–Crippen LogP) is 2.15. The lowest BCUT2D eigenvalue weighted by Gasteiger charge is -2.05. The third-order valence-electron chi connectivity index (χ3n) is 1.59. The molecular formula is C10H14Si. The van der Waals surface area contributed by atoms with Gasteiger partial charge in [-0.05, 0) is 6.92 Å². The van der Waals surface area contributed by atoms with Crippen molar-refractivity contribution in [1.29, 1.82) is 0 Å². The first-order valence-electron chi connectivity index (χ1n) is 4.02. The van der Waals surface area contributed by atoms with Crippen LogP contribution in [-0.4, -0.2) is 9.52 Å². The van der Waals surface area contributed by atoms with Gasteiger partial charge in [-0.2, -0.15) is 0 Å². The van der Waals surface area contributed by atoms with Crippen LogP contribution >= 0.6 is 0 Å². The van der Waals surface area contributed by atoms with Crippen LogP contribution in [0.4, 0.5) is 0 Å². The topological polar surface area (TPSA) is 0 Å². The largest absolute Gasteiger partial charge is 0.0840 e. The maximum absolute atomic E-state index is 2.27. The van der Waals surface area contributed by atoms with E-state index in [0.717, 1.165) is 15.1 Å². The molecule has 1 aromatic rings. The van der Waals surface area contributed by atoms with Gasteiger partial charge in [0, 0.05) is 0 Å². The molecule has 2 radical (unpaired) electrons. The van der Waals surface area contributed by atoms with E-state index in [1.807, 2.05) is 0 Å². The van der Waals surface area contributed by atoms with Gasteiger partial charge >= 0.3 is 0 Å². The van der Waals surface area contributed by atoms with Gasteiger partial charge in [0.05, 0.1) is 9.52 Å². The average molecular weight is 162 g/mol. The van der Waals surface area contributed by atoms with E-state index in [1.54, 1.807) is 0 Å². The van der Waals surface area contributed by atoms with E-state index in [2.05, 4.69) is 45.0 Å². The molecule has 1 rings (SSSR count). The minimum Gasteiger partial charge on any atom is -0.0653 e.